The van der Waals surface area contributed by atoms with Crippen molar-refractivity contribution < 1.29 is 13.5 Å². The van der Waals surface area contributed by atoms with Gasteiger partial charge in [-0.1, -0.05) is 49.2 Å². The summed E-state index contributed by atoms with van der Waals surface area (Å²) < 4.78 is 27.2. The van der Waals surface area contributed by atoms with Crippen molar-refractivity contribution in [3.8, 4) is 5.75 Å². The highest BCUT2D eigenvalue weighted by Gasteiger charge is 2.31. The Hall–Kier alpha value is -3.49. The van der Waals surface area contributed by atoms with Crippen LogP contribution in [0.5, 0.6) is 5.75 Å². The van der Waals surface area contributed by atoms with Crippen LogP contribution in [0.3, 0.4) is 0 Å². The van der Waals surface area contributed by atoms with Gasteiger partial charge in [-0.15, -0.1) is 0 Å². The van der Waals surface area contributed by atoms with Gasteiger partial charge in [-0.05, 0) is 55.3 Å². The van der Waals surface area contributed by atoms with Gasteiger partial charge in [-0.3, -0.25) is 4.79 Å². The first-order chi connectivity index (χ1) is 17.2. The largest absolute Gasteiger partial charge is 0.504 e. The van der Waals surface area contributed by atoms with Crippen LogP contribution in [0.2, 0.25) is 0 Å². The van der Waals surface area contributed by atoms with Crippen molar-refractivity contribution >= 4 is 38.5 Å². The summed E-state index contributed by atoms with van der Waals surface area (Å²) in [5, 5.41) is 11.8. The zero-order valence-electron chi connectivity index (χ0n) is 20.1. The molecule has 2 heterocycles. The number of hydrogen-bond donors (Lipinski definition) is 2. The van der Waals surface area contributed by atoms with E-state index in [1.165, 1.54) is 12.1 Å². The number of rotatable bonds is 8. The summed E-state index contributed by atoms with van der Waals surface area (Å²) in [6, 6.07) is 15.4. The minimum Gasteiger partial charge on any atom is -0.504 e. The number of aromatic amines is 1. The minimum atomic E-state index is -4.33. The van der Waals surface area contributed by atoms with Crippen LogP contribution in [0.25, 0.3) is 0 Å². The second-order valence-electron chi connectivity index (χ2n) is 8.52. The molecule has 36 heavy (non-hydrogen) atoms. The zero-order chi connectivity index (χ0) is 25.9. The normalized spacial score (nSPS) is 13.5. The Morgan fingerprint density at radius 3 is 2.44 bits per heavy atom. The van der Waals surface area contributed by atoms with Gasteiger partial charge in [0.15, 0.2) is 10.6 Å². The molecular weight excluding hydrogens is 498 g/mol. The van der Waals surface area contributed by atoms with Crippen LogP contribution < -0.4 is 15.4 Å². The molecule has 0 atom stereocenters. The average molecular weight is 526 g/mol. The molecule has 1 aliphatic heterocycles. The number of nitrogens with zero attached hydrogens (tertiary/aromatic N) is 2. The van der Waals surface area contributed by atoms with E-state index in [0.29, 0.717) is 23.7 Å². The summed E-state index contributed by atoms with van der Waals surface area (Å²) in [5.41, 5.74) is 1.40. The fraction of sp³-hybridized carbons (Fsp3) is 0.222. The van der Waals surface area contributed by atoms with Crippen LogP contribution in [0.1, 0.15) is 25.5 Å². The van der Waals surface area contributed by atoms with Gasteiger partial charge in [-0.25, -0.2) is 8.42 Å². The van der Waals surface area contributed by atoms with E-state index in [9.17, 15) is 18.3 Å². The van der Waals surface area contributed by atoms with Crippen molar-refractivity contribution in [1.29, 1.82) is 0 Å². The Morgan fingerprint density at radius 2 is 1.81 bits per heavy atom. The SMILES string of the molecule is CCCCc1[nH]c(=O)c(S(=O)(=O)c2ccc(N3C=C(Cl)C=CC3)cc2)c(O)c1N(C)c1ccccc1. The van der Waals surface area contributed by atoms with Gasteiger partial charge in [0.05, 0.1) is 9.93 Å². The van der Waals surface area contributed by atoms with Crippen LogP contribution in [0.15, 0.2) is 92.6 Å². The number of halogens is 1. The molecule has 0 unspecified atom stereocenters. The maximum absolute atomic E-state index is 13.6. The van der Waals surface area contributed by atoms with Crippen molar-refractivity contribution in [2.45, 2.75) is 36.0 Å². The van der Waals surface area contributed by atoms with Gasteiger partial charge in [0, 0.05) is 36.9 Å². The molecule has 0 radical (unpaired) electrons. The molecule has 0 saturated heterocycles. The highest BCUT2D eigenvalue weighted by atomic mass is 35.5. The van der Waals surface area contributed by atoms with Crippen molar-refractivity contribution in [3.63, 3.8) is 0 Å². The van der Waals surface area contributed by atoms with Crippen molar-refractivity contribution in [2.75, 3.05) is 23.4 Å². The highest BCUT2D eigenvalue weighted by Crippen LogP contribution is 2.39. The maximum Gasteiger partial charge on any atom is 0.271 e. The monoisotopic (exact) mass is 525 g/mol. The molecule has 7 nitrogen and oxygen atoms in total. The lowest BCUT2D eigenvalue weighted by molar-refractivity contribution is 0.455. The molecule has 0 aliphatic carbocycles. The van der Waals surface area contributed by atoms with Crippen LogP contribution in [-0.4, -0.2) is 32.1 Å². The molecule has 9 heteroatoms. The summed E-state index contributed by atoms with van der Waals surface area (Å²) in [6.45, 7) is 2.61. The quantitative estimate of drug-likeness (QED) is 0.404. The molecular formula is C27H28ClN3O4S. The van der Waals surface area contributed by atoms with E-state index >= 15 is 0 Å². The number of unbranched alkanes of at least 4 members (excludes halogenated alkanes) is 1. The van der Waals surface area contributed by atoms with Crippen LogP contribution >= 0.6 is 11.6 Å². The molecule has 0 fully saturated rings. The van der Waals surface area contributed by atoms with Crippen LogP contribution in [0.4, 0.5) is 17.1 Å². The van der Waals surface area contributed by atoms with Crippen molar-refractivity contribution in [2.24, 2.45) is 0 Å². The lowest BCUT2D eigenvalue weighted by Gasteiger charge is -2.25. The Morgan fingerprint density at radius 1 is 1.11 bits per heavy atom. The summed E-state index contributed by atoms with van der Waals surface area (Å²) in [4.78, 5) is 18.6. The van der Waals surface area contributed by atoms with E-state index in [2.05, 4.69) is 4.98 Å². The summed E-state index contributed by atoms with van der Waals surface area (Å²) >= 11 is 6.08. The van der Waals surface area contributed by atoms with E-state index < -0.39 is 26.0 Å². The molecule has 0 spiro atoms. The maximum atomic E-state index is 13.6. The number of aromatic nitrogens is 1. The highest BCUT2D eigenvalue weighted by molar-refractivity contribution is 7.91. The predicted molar refractivity (Wildman–Crippen MR) is 144 cm³/mol. The first-order valence-electron chi connectivity index (χ1n) is 11.7. The molecule has 188 valence electrons. The van der Waals surface area contributed by atoms with E-state index in [0.717, 1.165) is 24.2 Å². The van der Waals surface area contributed by atoms with E-state index in [-0.39, 0.29) is 10.6 Å². The number of pyridine rings is 1. The third kappa shape index (κ3) is 5.05. The summed E-state index contributed by atoms with van der Waals surface area (Å²) in [5.74, 6) is -0.559. The number of anilines is 3. The molecule has 4 rings (SSSR count). The predicted octanol–water partition coefficient (Wildman–Crippen LogP) is 5.48. The Labute approximate surface area is 215 Å². The van der Waals surface area contributed by atoms with Gasteiger partial charge in [0.1, 0.15) is 5.69 Å². The Balaban J connectivity index is 1.80. The number of aryl methyl sites for hydroxylation is 1. The number of nitrogens with one attached hydrogen (secondary N) is 1. The Kier molecular flexibility index (Phi) is 7.56. The van der Waals surface area contributed by atoms with E-state index in [4.69, 9.17) is 11.6 Å². The fourth-order valence-corrected chi connectivity index (χ4v) is 5.76. The Bertz CT molecular complexity index is 1460. The number of hydrogen-bond acceptors (Lipinski definition) is 6. The molecule has 3 aromatic rings. The van der Waals surface area contributed by atoms with E-state index in [1.807, 2.05) is 48.2 Å². The zero-order valence-corrected chi connectivity index (χ0v) is 21.7. The number of H-pyrrole nitrogens is 1. The molecule has 2 aromatic carbocycles. The smallest absolute Gasteiger partial charge is 0.271 e. The third-order valence-corrected chi connectivity index (χ3v) is 8.09. The fourth-order valence-electron chi connectivity index (χ4n) is 4.17. The lowest BCUT2D eigenvalue weighted by atomic mass is 10.1. The van der Waals surface area contributed by atoms with Gasteiger partial charge >= 0.3 is 0 Å². The molecule has 0 saturated carbocycles. The summed E-state index contributed by atoms with van der Waals surface area (Å²) in [6.07, 6.45) is 7.57. The standard InChI is InChI=1S/C27H28ClN3O4S/c1-3-4-12-23-24(30(2)20-10-6-5-7-11-20)25(32)26(27(33)29-23)36(34,35)22-15-13-21(14-16-22)31-17-8-9-19(28)18-31/h5-11,13-16,18H,3-4,12,17H2,1-2H3,(H2,29,32,33). The van der Waals surface area contributed by atoms with E-state index in [1.54, 1.807) is 36.4 Å². The first-order valence-corrected chi connectivity index (χ1v) is 13.5. The number of para-hydroxylation sites is 1. The number of aromatic hydroxyl groups is 1. The van der Waals surface area contributed by atoms with Gasteiger partial charge in [0.2, 0.25) is 9.84 Å². The van der Waals surface area contributed by atoms with Gasteiger partial charge in [-0.2, -0.15) is 0 Å². The average Bonchev–Trinajstić information content (AvgIpc) is 2.87. The first kappa shape index (κ1) is 25.6. The summed E-state index contributed by atoms with van der Waals surface area (Å²) in [7, 11) is -2.60. The number of sulfone groups is 1. The second kappa shape index (κ2) is 10.6. The molecule has 0 amide bonds. The minimum absolute atomic E-state index is 0.0932. The van der Waals surface area contributed by atoms with Crippen LogP contribution in [0, 0.1) is 0 Å². The van der Waals surface area contributed by atoms with Gasteiger partial charge in [0.25, 0.3) is 5.56 Å². The molecule has 1 aromatic heterocycles. The second-order valence-corrected chi connectivity index (χ2v) is 10.8. The number of allylic oxidation sites excluding steroid dienone is 2. The number of benzene rings is 2. The lowest BCUT2D eigenvalue weighted by Crippen LogP contribution is -2.24. The topological polar surface area (TPSA) is 93.7 Å². The molecule has 1 aliphatic rings. The van der Waals surface area contributed by atoms with Crippen LogP contribution in [-0.2, 0) is 16.3 Å². The van der Waals surface area contributed by atoms with Crippen molar-refractivity contribution in [3.05, 3.63) is 94.0 Å². The van der Waals surface area contributed by atoms with Crippen molar-refractivity contribution in [1.82, 2.24) is 4.98 Å². The van der Waals surface area contributed by atoms with Gasteiger partial charge < -0.3 is 19.9 Å². The third-order valence-electron chi connectivity index (χ3n) is 6.06. The molecule has 0 bridgehead atoms. The molecule has 2 N–H and O–H groups in total.